The van der Waals surface area contributed by atoms with Gasteiger partial charge < -0.3 is 25.3 Å². The van der Waals surface area contributed by atoms with E-state index in [0.29, 0.717) is 23.8 Å². The van der Waals surface area contributed by atoms with Crippen LogP contribution in [0.15, 0.2) is 42.5 Å². The number of hydrogen-bond donors (Lipinski definition) is 2. The molecular weight excluding hydrogens is 384 g/mol. The summed E-state index contributed by atoms with van der Waals surface area (Å²) < 4.78 is 16.3. The summed E-state index contributed by atoms with van der Waals surface area (Å²) in [6.45, 7) is 4.04. The first kappa shape index (κ1) is 23.2. The lowest BCUT2D eigenvalue weighted by atomic mass is 9.85. The van der Waals surface area contributed by atoms with Gasteiger partial charge in [-0.2, -0.15) is 0 Å². The van der Waals surface area contributed by atoms with Gasteiger partial charge in [0.25, 0.3) is 5.91 Å². The summed E-state index contributed by atoms with van der Waals surface area (Å²) >= 11 is 0. The van der Waals surface area contributed by atoms with Crippen LogP contribution in [0.1, 0.15) is 37.3 Å². The van der Waals surface area contributed by atoms with E-state index in [1.165, 1.54) is 0 Å². The third-order valence-corrected chi connectivity index (χ3v) is 4.76. The number of rotatable bonds is 11. The molecule has 0 aromatic heterocycles. The van der Waals surface area contributed by atoms with E-state index in [-0.39, 0.29) is 30.6 Å². The molecule has 0 bridgehead atoms. The zero-order valence-electron chi connectivity index (χ0n) is 17.9. The van der Waals surface area contributed by atoms with Crippen molar-refractivity contribution in [1.82, 2.24) is 5.32 Å². The number of ketones is 1. The van der Waals surface area contributed by atoms with E-state index < -0.39 is 6.04 Å². The van der Waals surface area contributed by atoms with E-state index in [9.17, 15) is 9.59 Å². The Labute approximate surface area is 177 Å². The number of likely N-dealkylation sites (N-methyl/N-ethyl adjacent to an activating group) is 1. The van der Waals surface area contributed by atoms with Crippen LogP contribution in [-0.4, -0.2) is 45.1 Å². The molecule has 0 aliphatic heterocycles. The smallest absolute Gasteiger partial charge is 0.257 e. The first-order valence-corrected chi connectivity index (χ1v) is 9.89. The minimum Gasteiger partial charge on any atom is -0.497 e. The fourth-order valence-electron chi connectivity index (χ4n) is 3.09. The molecule has 30 heavy (non-hydrogen) atoms. The number of hydrogen-bond acceptors (Lipinski definition) is 6. The highest BCUT2D eigenvalue weighted by Crippen LogP contribution is 2.37. The number of amides is 1. The lowest BCUT2D eigenvalue weighted by Crippen LogP contribution is -2.28. The van der Waals surface area contributed by atoms with E-state index in [2.05, 4.69) is 5.32 Å². The Balaban J connectivity index is 2.31. The maximum Gasteiger partial charge on any atom is 0.257 e. The SMILES string of the molecule is CCNC(=O)COc1ccc(C(CC(=O)C(C)N)c2ccc(OC)cc2OC)cc1. The van der Waals surface area contributed by atoms with Gasteiger partial charge in [0.05, 0.1) is 20.3 Å². The lowest BCUT2D eigenvalue weighted by molar-refractivity contribution is -0.123. The summed E-state index contributed by atoms with van der Waals surface area (Å²) in [5.74, 6) is 1.40. The Kier molecular flexibility index (Phi) is 8.68. The summed E-state index contributed by atoms with van der Waals surface area (Å²) in [7, 11) is 3.17. The normalized spacial score (nSPS) is 12.6. The number of methoxy groups -OCH3 is 2. The Morgan fingerprint density at radius 1 is 1.03 bits per heavy atom. The topological polar surface area (TPSA) is 99.9 Å². The molecule has 0 radical (unpaired) electrons. The van der Waals surface area contributed by atoms with E-state index in [4.69, 9.17) is 19.9 Å². The molecule has 0 aliphatic rings. The summed E-state index contributed by atoms with van der Waals surface area (Å²) in [5, 5.41) is 2.68. The van der Waals surface area contributed by atoms with Gasteiger partial charge in [0, 0.05) is 30.5 Å². The molecule has 2 atom stereocenters. The summed E-state index contributed by atoms with van der Waals surface area (Å²) in [6, 6.07) is 12.3. The summed E-state index contributed by atoms with van der Waals surface area (Å²) in [6.07, 6.45) is 0.236. The molecule has 0 aliphatic carbocycles. The van der Waals surface area contributed by atoms with Crippen molar-refractivity contribution in [3.8, 4) is 17.2 Å². The van der Waals surface area contributed by atoms with Crippen molar-refractivity contribution in [1.29, 1.82) is 0 Å². The second kappa shape index (κ2) is 11.2. The van der Waals surface area contributed by atoms with Gasteiger partial charge in [-0.25, -0.2) is 0 Å². The number of nitrogens with two attached hydrogens (primary N) is 1. The number of benzene rings is 2. The number of ether oxygens (including phenoxy) is 3. The zero-order valence-corrected chi connectivity index (χ0v) is 17.9. The first-order valence-electron chi connectivity index (χ1n) is 9.89. The maximum absolute atomic E-state index is 12.5. The average molecular weight is 415 g/mol. The zero-order chi connectivity index (χ0) is 22.1. The van der Waals surface area contributed by atoms with Crippen molar-refractivity contribution in [3.05, 3.63) is 53.6 Å². The average Bonchev–Trinajstić information content (AvgIpc) is 2.76. The van der Waals surface area contributed by atoms with E-state index >= 15 is 0 Å². The maximum atomic E-state index is 12.5. The fourth-order valence-corrected chi connectivity index (χ4v) is 3.09. The van der Waals surface area contributed by atoms with Crippen LogP contribution in [-0.2, 0) is 9.59 Å². The molecule has 7 heteroatoms. The Morgan fingerprint density at radius 2 is 1.70 bits per heavy atom. The molecule has 3 N–H and O–H groups in total. The van der Waals surface area contributed by atoms with Gasteiger partial charge in [-0.05, 0) is 37.6 Å². The van der Waals surface area contributed by atoms with Crippen LogP contribution in [0.4, 0.5) is 0 Å². The highest BCUT2D eigenvalue weighted by Gasteiger charge is 2.23. The number of nitrogens with one attached hydrogen (secondary N) is 1. The van der Waals surface area contributed by atoms with Gasteiger partial charge in [-0.3, -0.25) is 9.59 Å². The van der Waals surface area contributed by atoms with Crippen molar-refractivity contribution >= 4 is 11.7 Å². The second-order valence-electron chi connectivity index (χ2n) is 6.93. The molecule has 0 saturated heterocycles. The molecule has 0 spiro atoms. The molecule has 2 aromatic carbocycles. The van der Waals surface area contributed by atoms with E-state index in [0.717, 1.165) is 11.1 Å². The summed E-state index contributed by atoms with van der Waals surface area (Å²) in [5.41, 5.74) is 7.59. The highest BCUT2D eigenvalue weighted by atomic mass is 16.5. The second-order valence-corrected chi connectivity index (χ2v) is 6.93. The van der Waals surface area contributed by atoms with Crippen LogP contribution in [0.3, 0.4) is 0 Å². The van der Waals surface area contributed by atoms with E-state index in [1.807, 2.05) is 31.2 Å². The predicted octanol–water partition coefficient (Wildman–Crippen LogP) is 2.66. The first-order chi connectivity index (χ1) is 14.4. The quantitative estimate of drug-likeness (QED) is 0.586. The molecule has 0 fully saturated rings. The molecular formula is C23H30N2O5. The van der Waals surface area contributed by atoms with Gasteiger partial charge in [0.15, 0.2) is 6.61 Å². The molecule has 0 saturated carbocycles. The molecule has 2 rings (SSSR count). The molecule has 162 valence electrons. The van der Waals surface area contributed by atoms with Gasteiger partial charge in [0.1, 0.15) is 23.0 Å². The van der Waals surface area contributed by atoms with Crippen LogP contribution in [0.2, 0.25) is 0 Å². The number of Topliss-reactive ketones (excluding diaryl/α,β-unsaturated/α-hetero) is 1. The van der Waals surface area contributed by atoms with Gasteiger partial charge >= 0.3 is 0 Å². The molecule has 2 unspecified atom stereocenters. The minimum atomic E-state index is -0.559. The predicted molar refractivity (Wildman–Crippen MR) is 115 cm³/mol. The number of carbonyl (C=O) groups is 2. The highest BCUT2D eigenvalue weighted by molar-refractivity contribution is 5.84. The largest absolute Gasteiger partial charge is 0.497 e. The van der Waals surface area contributed by atoms with Crippen molar-refractivity contribution in [2.24, 2.45) is 5.73 Å². The van der Waals surface area contributed by atoms with Crippen LogP contribution in [0.5, 0.6) is 17.2 Å². The Morgan fingerprint density at radius 3 is 2.27 bits per heavy atom. The monoisotopic (exact) mass is 414 g/mol. The molecule has 7 nitrogen and oxygen atoms in total. The van der Waals surface area contributed by atoms with Crippen molar-refractivity contribution in [3.63, 3.8) is 0 Å². The molecule has 2 aromatic rings. The van der Waals surface area contributed by atoms with Gasteiger partial charge in [-0.1, -0.05) is 18.2 Å². The van der Waals surface area contributed by atoms with Crippen LogP contribution in [0.25, 0.3) is 0 Å². The Hall–Kier alpha value is -3.06. The van der Waals surface area contributed by atoms with Crippen LogP contribution in [0, 0.1) is 0 Å². The van der Waals surface area contributed by atoms with Crippen molar-refractivity contribution in [2.45, 2.75) is 32.2 Å². The van der Waals surface area contributed by atoms with Gasteiger partial charge in [-0.15, -0.1) is 0 Å². The third kappa shape index (κ3) is 6.22. The number of carbonyl (C=O) groups excluding carboxylic acids is 2. The van der Waals surface area contributed by atoms with E-state index in [1.54, 1.807) is 39.3 Å². The van der Waals surface area contributed by atoms with Crippen LogP contribution < -0.4 is 25.3 Å². The van der Waals surface area contributed by atoms with Gasteiger partial charge in [0.2, 0.25) is 0 Å². The lowest BCUT2D eigenvalue weighted by Gasteiger charge is -2.21. The van der Waals surface area contributed by atoms with Crippen LogP contribution >= 0.6 is 0 Å². The van der Waals surface area contributed by atoms with Crippen molar-refractivity contribution < 1.29 is 23.8 Å². The standard InChI is InChI=1S/C23H30N2O5/c1-5-25-23(27)14-30-17-8-6-16(7-9-17)20(13-21(26)15(2)24)19-11-10-18(28-3)12-22(19)29-4/h6-12,15,20H,5,13-14,24H2,1-4H3,(H,25,27). The minimum absolute atomic E-state index is 0.0468. The summed E-state index contributed by atoms with van der Waals surface area (Å²) in [4.78, 5) is 24.0. The van der Waals surface area contributed by atoms with Crippen molar-refractivity contribution in [2.75, 3.05) is 27.4 Å². The molecule has 0 heterocycles. The third-order valence-electron chi connectivity index (χ3n) is 4.76. The fraction of sp³-hybridized carbons (Fsp3) is 0.391. The molecule has 1 amide bonds. The Bertz CT molecular complexity index is 849.